The van der Waals surface area contributed by atoms with Gasteiger partial charge in [0.15, 0.2) is 0 Å². The molecule has 1 aromatic heterocycles. The van der Waals surface area contributed by atoms with E-state index in [0.717, 1.165) is 3.97 Å². The number of nitrogen functional groups attached to an aromatic ring is 1. The Hall–Kier alpha value is -1.99. The van der Waals surface area contributed by atoms with Crippen molar-refractivity contribution in [3.05, 3.63) is 47.2 Å². The molecule has 0 saturated heterocycles. The van der Waals surface area contributed by atoms with Crippen molar-refractivity contribution in [3.63, 3.8) is 0 Å². The SMILES string of the molecule is CCC(C)OC(=O)c1cccn1S(=O)(=O)c1cc(Cl)ccc1N. The lowest BCUT2D eigenvalue weighted by molar-refractivity contribution is 0.0326. The van der Waals surface area contributed by atoms with Crippen LogP contribution in [0, 0.1) is 0 Å². The summed E-state index contributed by atoms with van der Waals surface area (Å²) in [6.07, 6.45) is 1.58. The number of aromatic nitrogens is 1. The molecule has 0 aliphatic carbocycles. The van der Waals surface area contributed by atoms with Crippen molar-refractivity contribution in [1.29, 1.82) is 0 Å². The first kappa shape index (κ1) is 17.4. The number of benzene rings is 1. The first-order valence-electron chi connectivity index (χ1n) is 6.96. The van der Waals surface area contributed by atoms with Crippen molar-refractivity contribution in [2.24, 2.45) is 0 Å². The zero-order chi connectivity index (χ0) is 17.2. The highest BCUT2D eigenvalue weighted by Gasteiger charge is 2.26. The van der Waals surface area contributed by atoms with Crippen molar-refractivity contribution in [3.8, 4) is 0 Å². The minimum absolute atomic E-state index is 0.0457. The summed E-state index contributed by atoms with van der Waals surface area (Å²) in [5.41, 5.74) is 5.70. The topological polar surface area (TPSA) is 91.4 Å². The average Bonchev–Trinajstić information content (AvgIpc) is 2.99. The number of carbonyl (C=O) groups excluding carboxylic acids is 1. The van der Waals surface area contributed by atoms with E-state index >= 15 is 0 Å². The van der Waals surface area contributed by atoms with Gasteiger partial charge in [-0.05, 0) is 43.7 Å². The average molecular weight is 357 g/mol. The molecule has 0 fully saturated rings. The van der Waals surface area contributed by atoms with Crippen LogP contribution in [0.15, 0.2) is 41.4 Å². The fourth-order valence-electron chi connectivity index (χ4n) is 1.90. The monoisotopic (exact) mass is 356 g/mol. The molecule has 8 heteroatoms. The van der Waals surface area contributed by atoms with Crippen LogP contribution < -0.4 is 5.73 Å². The van der Waals surface area contributed by atoms with E-state index in [4.69, 9.17) is 22.1 Å². The fourth-order valence-corrected chi connectivity index (χ4v) is 3.61. The highest BCUT2D eigenvalue weighted by molar-refractivity contribution is 7.90. The Kier molecular flexibility index (Phi) is 5.01. The summed E-state index contributed by atoms with van der Waals surface area (Å²) in [4.78, 5) is 12.0. The molecule has 0 amide bonds. The Morgan fingerprint density at radius 2 is 2.09 bits per heavy atom. The zero-order valence-corrected chi connectivity index (χ0v) is 14.3. The van der Waals surface area contributed by atoms with E-state index in [1.165, 1.54) is 36.5 Å². The van der Waals surface area contributed by atoms with Gasteiger partial charge in [-0.1, -0.05) is 18.5 Å². The first-order valence-corrected chi connectivity index (χ1v) is 8.78. The quantitative estimate of drug-likeness (QED) is 0.657. The normalized spacial score (nSPS) is 12.8. The number of nitrogens with zero attached hydrogens (tertiary/aromatic N) is 1. The van der Waals surface area contributed by atoms with Gasteiger partial charge < -0.3 is 10.5 Å². The second kappa shape index (κ2) is 6.64. The lowest BCUT2D eigenvalue weighted by Gasteiger charge is -2.14. The van der Waals surface area contributed by atoms with Gasteiger partial charge in [0.2, 0.25) is 0 Å². The Labute approximate surface area is 139 Å². The van der Waals surface area contributed by atoms with Gasteiger partial charge in [0.1, 0.15) is 10.6 Å². The number of rotatable bonds is 5. The summed E-state index contributed by atoms with van der Waals surface area (Å²) in [5.74, 6) is -0.714. The third kappa shape index (κ3) is 3.51. The molecule has 2 aromatic rings. The van der Waals surface area contributed by atoms with E-state index in [9.17, 15) is 13.2 Å². The minimum atomic E-state index is -4.06. The van der Waals surface area contributed by atoms with Crippen molar-refractivity contribution in [2.75, 3.05) is 5.73 Å². The van der Waals surface area contributed by atoms with Gasteiger partial charge in [-0.2, -0.15) is 0 Å². The van der Waals surface area contributed by atoms with Crippen LogP contribution in [0.4, 0.5) is 5.69 Å². The van der Waals surface area contributed by atoms with Gasteiger partial charge in [-0.25, -0.2) is 17.2 Å². The van der Waals surface area contributed by atoms with Crippen LogP contribution in [-0.4, -0.2) is 24.5 Å². The van der Waals surface area contributed by atoms with Crippen LogP contribution in [-0.2, 0) is 14.8 Å². The number of esters is 1. The molecule has 2 rings (SSSR count). The predicted molar refractivity (Wildman–Crippen MR) is 88.0 cm³/mol. The Morgan fingerprint density at radius 1 is 1.39 bits per heavy atom. The maximum Gasteiger partial charge on any atom is 0.356 e. The van der Waals surface area contributed by atoms with Crippen molar-refractivity contribution in [2.45, 2.75) is 31.3 Å². The summed E-state index contributed by atoms with van der Waals surface area (Å²) in [6.45, 7) is 3.59. The number of ether oxygens (including phenoxy) is 1. The van der Waals surface area contributed by atoms with Crippen LogP contribution in [0.2, 0.25) is 5.02 Å². The number of hydrogen-bond donors (Lipinski definition) is 1. The van der Waals surface area contributed by atoms with Crippen molar-refractivity contribution >= 4 is 33.3 Å². The van der Waals surface area contributed by atoms with E-state index < -0.39 is 16.0 Å². The molecule has 0 bridgehead atoms. The highest BCUT2D eigenvalue weighted by atomic mass is 35.5. The Bertz CT molecular complexity index is 830. The van der Waals surface area contributed by atoms with E-state index in [0.29, 0.717) is 6.42 Å². The first-order chi connectivity index (χ1) is 10.8. The molecule has 0 aliphatic heterocycles. The zero-order valence-electron chi connectivity index (χ0n) is 12.7. The molecule has 1 heterocycles. The maximum absolute atomic E-state index is 12.8. The second-order valence-corrected chi connectivity index (χ2v) is 7.22. The van der Waals surface area contributed by atoms with E-state index in [2.05, 4.69) is 0 Å². The van der Waals surface area contributed by atoms with Gasteiger partial charge >= 0.3 is 5.97 Å². The molecular formula is C15H17ClN2O4S. The molecule has 1 atom stereocenters. The third-order valence-electron chi connectivity index (χ3n) is 3.32. The molecule has 1 unspecified atom stereocenters. The molecule has 23 heavy (non-hydrogen) atoms. The van der Waals surface area contributed by atoms with Gasteiger partial charge in [0.05, 0.1) is 11.8 Å². The number of halogens is 1. The maximum atomic E-state index is 12.8. The third-order valence-corrected chi connectivity index (χ3v) is 5.30. The van der Waals surface area contributed by atoms with Gasteiger partial charge in [-0.15, -0.1) is 0 Å². The molecule has 124 valence electrons. The van der Waals surface area contributed by atoms with E-state index in [1.807, 2.05) is 6.92 Å². The van der Waals surface area contributed by atoms with Gasteiger partial charge in [-0.3, -0.25) is 0 Å². The summed E-state index contributed by atoms with van der Waals surface area (Å²) >= 11 is 5.85. The van der Waals surface area contributed by atoms with E-state index in [1.54, 1.807) is 6.92 Å². The molecular weight excluding hydrogens is 340 g/mol. The number of anilines is 1. The molecule has 6 nitrogen and oxygen atoms in total. The lowest BCUT2D eigenvalue weighted by atomic mass is 10.3. The van der Waals surface area contributed by atoms with Crippen LogP contribution in [0.5, 0.6) is 0 Å². The lowest BCUT2D eigenvalue weighted by Crippen LogP contribution is -2.22. The van der Waals surface area contributed by atoms with Crippen molar-refractivity contribution in [1.82, 2.24) is 3.97 Å². The number of carbonyl (C=O) groups is 1. The van der Waals surface area contributed by atoms with Crippen molar-refractivity contribution < 1.29 is 17.9 Å². The minimum Gasteiger partial charge on any atom is -0.458 e. The highest BCUT2D eigenvalue weighted by Crippen LogP contribution is 2.26. The standard InChI is InChI=1S/C15H17ClN2O4S/c1-3-10(2)22-15(19)13-5-4-8-18(13)23(20,21)14-9-11(16)6-7-12(14)17/h4-10H,3,17H2,1-2H3. The smallest absolute Gasteiger partial charge is 0.356 e. The number of nitrogens with two attached hydrogens (primary N) is 1. The van der Waals surface area contributed by atoms with Crippen LogP contribution in [0.1, 0.15) is 30.8 Å². The molecule has 1 aromatic carbocycles. The molecule has 0 radical (unpaired) electrons. The van der Waals surface area contributed by atoms with Gasteiger partial charge in [0, 0.05) is 11.2 Å². The Balaban J connectivity index is 2.49. The largest absolute Gasteiger partial charge is 0.458 e. The Morgan fingerprint density at radius 3 is 2.74 bits per heavy atom. The molecule has 0 aliphatic rings. The van der Waals surface area contributed by atoms with Crippen LogP contribution in [0.3, 0.4) is 0 Å². The summed E-state index contributed by atoms with van der Waals surface area (Å²) in [7, 11) is -4.06. The number of hydrogen-bond acceptors (Lipinski definition) is 5. The summed E-state index contributed by atoms with van der Waals surface area (Å²) in [5, 5.41) is 0.230. The van der Waals surface area contributed by atoms with Gasteiger partial charge in [0.25, 0.3) is 10.0 Å². The summed E-state index contributed by atoms with van der Waals surface area (Å²) < 4.78 is 31.6. The fraction of sp³-hybridized carbons (Fsp3) is 0.267. The molecule has 2 N–H and O–H groups in total. The molecule has 0 spiro atoms. The van der Waals surface area contributed by atoms with E-state index in [-0.39, 0.29) is 27.4 Å². The van der Waals surface area contributed by atoms with Crippen LogP contribution in [0.25, 0.3) is 0 Å². The van der Waals surface area contributed by atoms with Crippen LogP contribution >= 0.6 is 11.6 Å². The predicted octanol–water partition coefficient (Wildman–Crippen LogP) is 2.92. The molecule has 0 saturated carbocycles. The summed E-state index contributed by atoms with van der Waals surface area (Å²) in [6, 6.07) is 6.96. The second-order valence-electron chi connectivity index (χ2n) is 5.00.